The number of aromatic nitrogens is 1. The van der Waals surface area contributed by atoms with Crippen molar-refractivity contribution in [1.29, 1.82) is 0 Å². The Morgan fingerprint density at radius 3 is 2.48 bits per heavy atom. The summed E-state index contributed by atoms with van der Waals surface area (Å²) in [6.07, 6.45) is -4.42. The molecule has 1 heterocycles. The number of aliphatic hydroxyl groups excluding tert-OH is 1. The molecule has 3 nitrogen and oxygen atoms in total. The molecule has 4 aromatic rings. The molecule has 29 heavy (non-hydrogen) atoms. The van der Waals surface area contributed by atoms with Crippen molar-refractivity contribution in [3.63, 3.8) is 0 Å². The molecule has 1 aromatic heterocycles. The van der Waals surface area contributed by atoms with Gasteiger partial charge in [-0.1, -0.05) is 42.5 Å². The second kappa shape index (κ2) is 7.85. The summed E-state index contributed by atoms with van der Waals surface area (Å²) in [5.74, 6) is 0. The van der Waals surface area contributed by atoms with E-state index in [9.17, 15) is 18.3 Å². The number of nitrogens with zero attached hydrogens (tertiary/aromatic N) is 2. The van der Waals surface area contributed by atoms with Gasteiger partial charge in [0.1, 0.15) is 0 Å². The molecule has 0 aliphatic heterocycles. The Bertz CT molecular complexity index is 1220. The second-order valence-electron chi connectivity index (χ2n) is 6.50. The summed E-state index contributed by atoms with van der Waals surface area (Å²) in [4.78, 5) is 4.94. The molecule has 0 saturated heterocycles. The van der Waals surface area contributed by atoms with E-state index in [4.69, 9.17) is 0 Å². The van der Waals surface area contributed by atoms with Gasteiger partial charge in [0.05, 0.1) is 23.6 Å². The van der Waals surface area contributed by atoms with Crippen molar-refractivity contribution in [1.82, 2.24) is 4.57 Å². The van der Waals surface area contributed by atoms with Crippen LogP contribution in [0.2, 0.25) is 0 Å². The summed E-state index contributed by atoms with van der Waals surface area (Å²) in [6.45, 7) is 0.191. The van der Waals surface area contributed by atoms with Crippen LogP contribution in [-0.2, 0) is 12.7 Å². The van der Waals surface area contributed by atoms with Crippen LogP contribution in [0.15, 0.2) is 77.1 Å². The van der Waals surface area contributed by atoms with Crippen molar-refractivity contribution in [2.75, 3.05) is 6.61 Å². The molecule has 0 radical (unpaired) electrons. The average Bonchev–Trinajstić information content (AvgIpc) is 3.10. The van der Waals surface area contributed by atoms with Crippen molar-refractivity contribution in [3.8, 4) is 11.3 Å². The fourth-order valence-electron chi connectivity index (χ4n) is 3.18. The molecule has 0 atom stereocenters. The number of hydrogen-bond donors (Lipinski definition) is 1. The van der Waals surface area contributed by atoms with Crippen LogP contribution in [0, 0.1) is 0 Å². The lowest BCUT2D eigenvalue weighted by Gasteiger charge is -2.09. The zero-order valence-electron chi connectivity index (χ0n) is 15.2. The summed E-state index contributed by atoms with van der Waals surface area (Å²) in [5.41, 5.74) is 1.30. The van der Waals surface area contributed by atoms with Gasteiger partial charge in [-0.15, -0.1) is 11.3 Å². The molecule has 4 rings (SSSR count). The fourth-order valence-corrected chi connectivity index (χ4v) is 4.13. The Labute approximate surface area is 169 Å². The van der Waals surface area contributed by atoms with E-state index in [0.29, 0.717) is 11.3 Å². The van der Waals surface area contributed by atoms with Gasteiger partial charge in [-0.2, -0.15) is 13.2 Å². The molecule has 0 aliphatic rings. The van der Waals surface area contributed by atoms with Crippen LogP contribution in [0.25, 0.3) is 22.0 Å². The quantitative estimate of drug-likeness (QED) is 0.463. The predicted molar refractivity (Wildman–Crippen MR) is 109 cm³/mol. The number of rotatable bonds is 4. The highest BCUT2D eigenvalue weighted by atomic mass is 32.1. The van der Waals surface area contributed by atoms with E-state index in [0.717, 1.165) is 34.2 Å². The Morgan fingerprint density at radius 1 is 0.931 bits per heavy atom. The lowest BCUT2D eigenvalue weighted by atomic mass is 10.1. The van der Waals surface area contributed by atoms with Gasteiger partial charge < -0.3 is 9.67 Å². The van der Waals surface area contributed by atoms with Gasteiger partial charge in [-0.25, -0.2) is 4.99 Å². The summed E-state index contributed by atoms with van der Waals surface area (Å²) >= 11 is 1.33. The highest BCUT2D eigenvalue weighted by Gasteiger charge is 2.30. The minimum absolute atomic E-state index is 0.104. The van der Waals surface area contributed by atoms with Crippen molar-refractivity contribution < 1.29 is 18.3 Å². The molecule has 0 amide bonds. The van der Waals surface area contributed by atoms with Crippen LogP contribution in [0.1, 0.15) is 5.56 Å². The summed E-state index contributed by atoms with van der Waals surface area (Å²) in [7, 11) is 0. The molecule has 7 heteroatoms. The molecular formula is C22H17F3N2OS. The van der Waals surface area contributed by atoms with Gasteiger partial charge in [0, 0.05) is 11.9 Å². The number of hydrogen-bond acceptors (Lipinski definition) is 3. The average molecular weight is 414 g/mol. The number of fused-ring (bicyclic) bond motifs is 1. The Hall–Kier alpha value is -2.90. The number of aliphatic hydroxyl groups is 1. The first-order valence-electron chi connectivity index (χ1n) is 8.96. The third kappa shape index (κ3) is 4.11. The molecule has 0 aliphatic carbocycles. The number of benzene rings is 3. The molecule has 0 bridgehead atoms. The molecule has 148 valence electrons. The third-order valence-electron chi connectivity index (χ3n) is 4.56. The van der Waals surface area contributed by atoms with E-state index >= 15 is 0 Å². The largest absolute Gasteiger partial charge is 0.416 e. The topological polar surface area (TPSA) is 37.5 Å². The maximum atomic E-state index is 13.0. The minimum atomic E-state index is -4.42. The van der Waals surface area contributed by atoms with Crippen molar-refractivity contribution >= 4 is 27.8 Å². The van der Waals surface area contributed by atoms with E-state index < -0.39 is 11.7 Å². The highest BCUT2D eigenvalue weighted by molar-refractivity contribution is 7.07. The lowest BCUT2D eigenvalue weighted by molar-refractivity contribution is -0.137. The summed E-state index contributed by atoms with van der Waals surface area (Å²) in [6, 6.07) is 19.0. The predicted octanol–water partition coefficient (Wildman–Crippen LogP) is 5.61. The van der Waals surface area contributed by atoms with E-state index in [1.807, 2.05) is 46.3 Å². The maximum absolute atomic E-state index is 13.0. The first kappa shape index (κ1) is 19.4. The van der Waals surface area contributed by atoms with E-state index in [1.54, 1.807) is 0 Å². The summed E-state index contributed by atoms with van der Waals surface area (Å²) < 4.78 is 40.8. The SMILES string of the molecule is OCCn1c(-c2ccc3ccccc3c2)csc1=Nc1cccc(C(F)(F)F)c1. The highest BCUT2D eigenvalue weighted by Crippen LogP contribution is 2.31. The van der Waals surface area contributed by atoms with Crippen LogP contribution in [0.5, 0.6) is 0 Å². The molecule has 1 N–H and O–H groups in total. The van der Waals surface area contributed by atoms with Gasteiger partial charge >= 0.3 is 6.18 Å². The second-order valence-corrected chi connectivity index (χ2v) is 7.34. The molecule has 3 aromatic carbocycles. The van der Waals surface area contributed by atoms with E-state index in [2.05, 4.69) is 11.1 Å². The maximum Gasteiger partial charge on any atom is 0.416 e. The van der Waals surface area contributed by atoms with Gasteiger partial charge in [-0.3, -0.25) is 0 Å². The standard InChI is InChI=1S/C22H17F3N2OS/c23-22(24,25)18-6-3-7-19(13-18)26-21-27(10-11-28)20(14-29-21)17-9-8-15-4-1-2-5-16(15)12-17/h1-9,12-14,28H,10-11H2. The molecular weight excluding hydrogens is 397 g/mol. The van der Waals surface area contributed by atoms with Crippen molar-refractivity contribution in [2.24, 2.45) is 4.99 Å². The normalized spacial score (nSPS) is 12.6. The van der Waals surface area contributed by atoms with Crippen LogP contribution in [0.3, 0.4) is 0 Å². The number of thiazole rings is 1. The summed E-state index contributed by atoms with van der Waals surface area (Å²) in [5, 5.41) is 13.6. The van der Waals surface area contributed by atoms with E-state index in [-0.39, 0.29) is 12.3 Å². The van der Waals surface area contributed by atoms with Crippen LogP contribution >= 0.6 is 11.3 Å². The molecule has 0 fully saturated rings. The lowest BCUT2D eigenvalue weighted by Crippen LogP contribution is -2.18. The third-order valence-corrected chi connectivity index (χ3v) is 5.43. The van der Waals surface area contributed by atoms with Crippen molar-refractivity contribution in [3.05, 3.63) is 82.5 Å². The van der Waals surface area contributed by atoms with Gasteiger partial charge in [-0.05, 0) is 40.6 Å². The smallest absolute Gasteiger partial charge is 0.395 e. The van der Waals surface area contributed by atoms with Gasteiger partial charge in [0.15, 0.2) is 4.80 Å². The first-order valence-corrected chi connectivity index (χ1v) is 9.84. The number of alkyl halides is 3. The fraction of sp³-hybridized carbons (Fsp3) is 0.136. The van der Waals surface area contributed by atoms with Crippen LogP contribution in [0.4, 0.5) is 18.9 Å². The zero-order chi connectivity index (χ0) is 20.4. The van der Waals surface area contributed by atoms with Gasteiger partial charge in [0.2, 0.25) is 0 Å². The Kier molecular flexibility index (Phi) is 5.25. The van der Waals surface area contributed by atoms with Crippen molar-refractivity contribution in [2.45, 2.75) is 12.7 Å². The molecule has 0 spiro atoms. The van der Waals surface area contributed by atoms with Crippen LogP contribution < -0.4 is 4.80 Å². The molecule has 0 unspecified atom stereocenters. The zero-order valence-corrected chi connectivity index (χ0v) is 16.0. The Morgan fingerprint density at radius 2 is 1.72 bits per heavy atom. The number of halogens is 3. The minimum Gasteiger partial charge on any atom is -0.395 e. The van der Waals surface area contributed by atoms with Gasteiger partial charge in [0.25, 0.3) is 0 Å². The first-order chi connectivity index (χ1) is 14.0. The molecule has 0 saturated carbocycles. The Balaban J connectivity index is 1.82. The van der Waals surface area contributed by atoms with E-state index in [1.165, 1.54) is 23.5 Å². The van der Waals surface area contributed by atoms with Crippen LogP contribution in [-0.4, -0.2) is 16.3 Å². The monoisotopic (exact) mass is 414 g/mol.